The maximum Gasteiger partial charge on any atom is 0.222 e. The number of benzene rings is 1. The summed E-state index contributed by atoms with van der Waals surface area (Å²) in [6, 6.07) is 6.65. The fourth-order valence-electron chi connectivity index (χ4n) is 3.80. The van der Waals surface area contributed by atoms with Gasteiger partial charge in [0.25, 0.3) is 0 Å². The minimum Gasteiger partial charge on any atom is -0.345 e. The molecule has 3 aromatic rings. The zero-order valence-electron chi connectivity index (χ0n) is 15.7. The first kappa shape index (κ1) is 17.5. The molecule has 1 unspecified atom stereocenters. The van der Waals surface area contributed by atoms with Crippen LogP contribution in [0.1, 0.15) is 17.8 Å². The Morgan fingerprint density at radius 2 is 2.07 bits per heavy atom. The number of rotatable bonds is 4. The molecule has 1 aliphatic heterocycles. The molecule has 0 bridgehead atoms. The Balaban J connectivity index is 1.75. The van der Waals surface area contributed by atoms with Gasteiger partial charge < -0.3 is 9.47 Å². The van der Waals surface area contributed by atoms with E-state index in [-0.39, 0.29) is 17.6 Å². The van der Waals surface area contributed by atoms with Crippen LogP contribution in [0.15, 0.2) is 36.7 Å². The highest BCUT2D eigenvalue weighted by Gasteiger charge is 2.28. The summed E-state index contributed by atoms with van der Waals surface area (Å²) in [4.78, 5) is 18.1. The van der Waals surface area contributed by atoms with Crippen LogP contribution in [0.25, 0.3) is 17.1 Å². The molecule has 0 saturated carbocycles. The number of likely N-dealkylation sites (tertiary alicyclic amines) is 1. The Kier molecular flexibility index (Phi) is 4.30. The minimum atomic E-state index is -0.319. The fraction of sp³-hybridized carbons (Fsp3) is 0.350. The normalized spacial score (nSPS) is 17.1. The van der Waals surface area contributed by atoms with Crippen LogP contribution in [0, 0.1) is 25.6 Å². The van der Waals surface area contributed by atoms with E-state index >= 15 is 0 Å². The quantitative estimate of drug-likeness (QED) is 0.712. The van der Waals surface area contributed by atoms with Gasteiger partial charge in [-0.15, -0.1) is 0 Å². The lowest BCUT2D eigenvalue weighted by Gasteiger charge is -2.16. The topological polar surface area (TPSA) is 56.0 Å². The van der Waals surface area contributed by atoms with Crippen molar-refractivity contribution in [3.8, 4) is 17.1 Å². The van der Waals surface area contributed by atoms with Crippen molar-refractivity contribution in [1.82, 2.24) is 24.2 Å². The molecule has 0 N–H and O–H groups in total. The number of nitrogens with zero attached hydrogens (tertiary/aromatic N) is 5. The molecular weight excluding hydrogens is 345 g/mol. The molecule has 6 nitrogen and oxygen atoms in total. The van der Waals surface area contributed by atoms with Crippen molar-refractivity contribution < 1.29 is 9.18 Å². The zero-order chi connectivity index (χ0) is 19.1. The van der Waals surface area contributed by atoms with E-state index in [0.29, 0.717) is 24.4 Å². The van der Waals surface area contributed by atoms with Crippen molar-refractivity contribution in [3.05, 3.63) is 53.9 Å². The van der Waals surface area contributed by atoms with E-state index in [9.17, 15) is 9.18 Å². The van der Waals surface area contributed by atoms with E-state index in [2.05, 4.69) is 10.1 Å². The number of hydrogen-bond acceptors (Lipinski definition) is 3. The number of halogens is 1. The Morgan fingerprint density at radius 1 is 1.26 bits per heavy atom. The maximum absolute atomic E-state index is 14.1. The molecule has 1 aromatic carbocycles. The average molecular weight is 367 g/mol. The van der Waals surface area contributed by atoms with Gasteiger partial charge in [0.15, 0.2) is 0 Å². The van der Waals surface area contributed by atoms with E-state index in [4.69, 9.17) is 0 Å². The second-order valence-electron chi connectivity index (χ2n) is 7.25. The number of aryl methyl sites for hydroxylation is 2. The highest BCUT2D eigenvalue weighted by Crippen LogP contribution is 2.29. The van der Waals surface area contributed by atoms with Gasteiger partial charge in [-0.2, -0.15) is 5.10 Å². The molecule has 7 heteroatoms. The molecule has 27 heavy (non-hydrogen) atoms. The molecule has 1 saturated heterocycles. The van der Waals surface area contributed by atoms with Crippen LogP contribution in [-0.2, 0) is 11.3 Å². The Morgan fingerprint density at radius 3 is 2.74 bits per heavy atom. The summed E-state index contributed by atoms with van der Waals surface area (Å²) in [7, 11) is 1.82. The number of carbonyl (C=O) groups is 1. The zero-order valence-corrected chi connectivity index (χ0v) is 15.7. The highest BCUT2D eigenvalue weighted by atomic mass is 19.1. The van der Waals surface area contributed by atoms with Crippen molar-refractivity contribution in [2.45, 2.75) is 26.8 Å². The van der Waals surface area contributed by atoms with Gasteiger partial charge in [-0.1, -0.05) is 0 Å². The van der Waals surface area contributed by atoms with Crippen LogP contribution in [-0.4, -0.2) is 43.7 Å². The summed E-state index contributed by atoms with van der Waals surface area (Å²) in [5, 5.41) is 4.54. The van der Waals surface area contributed by atoms with E-state index in [1.165, 1.54) is 12.1 Å². The Hall–Kier alpha value is -2.96. The van der Waals surface area contributed by atoms with Gasteiger partial charge in [0.1, 0.15) is 11.6 Å². The van der Waals surface area contributed by atoms with E-state index in [1.54, 1.807) is 17.2 Å². The van der Waals surface area contributed by atoms with Crippen LogP contribution >= 0.6 is 0 Å². The van der Waals surface area contributed by atoms with Crippen molar-refractivity contribution in [1.29, 1.82) is 0 Å². The lowest BCUT2D eigenvalue weighted by molar-refractivity contribution is -0.126. The smallest absolute Gasteiger partial charge is 0.222 e. The van der Waals surface area contributed by atoms with Gasteiger partial charge in [-0.3, -0.25) is 4.79 Å². The minimum absolute atomic E-state index is 0.163. The molecule has 140 valence electrons. The SMILES string of the molecule is Cc1cc(C)n(-c2ccc(F)cc2-c2nccn2CC2CC(=O)N(C)C2)n1. The fourth-order valence-corrected chi connectivity index (χ4v) is 3.80. The maximum atomic E-state index is 14.1. The first-order valence-electron chi connectivity index (χ1n) is 9.01. The summed E-state index contributed by atoms with van der Waals surface area (Å²) >= 11 is 0. The van der Waals surface area contributed by atoms with E-state index < -0.39 is 0 Å². The number of aromatic nitrogens is 4. The van der Waals surface area contributed by atoms with Crippen LogP contribution in [0.5, 0.6) is 0 Å². The van der Waals surface area contributed by atoms with Gasteiger partial charge in [-0.05, 0) is 38.1 Å². The molecule has 1 fully saturated rings. The third-order valence-electron chi connectivity index (χ3n) is 5.03. The molecule has 1 atom stereocenters. The van der Waals surface area contributed by atoms with Crippen LogP contribution in [0.4, 0.5) is 4.39 Å². The van der Waals surface area contributed by atoms with Gasteiger partial charge >= 0.3 is 0 Å². The van der Waals surface area contributed by atoms with Gasteiger partial charge in [0.2, 0.25) is 5.91 Å². The first-order valence-corrected chi connectivity index (χ1v) is 9.01. The number of imidazole rings is 1. The summed E-state index contributed by atoms with van der Waals surface area (Å²) in [6.45, 7) is 5.29. The van der Waals surface area contributed by atoms with Crippen molar-refractivity contribution >= 4 is 5.91 Å². The summed E-state index contributed by atoms with van der Waals surface area (Å²) in [5.41, 5.74) is 3.35. The molecular formula is C20H22FN5O. The molecule has 0 spiro atoms. The number of hydrogen-bond donors (Lipinski definition) is 0. The lowest BCUT2D eigenvalue weighted by atomic mass is 10.1. The van der Waals surface area contributed by atoms with Crippen LogP contribution in [0.2, 0.25) is 0 Å². The van der Waals surface area contributed by atoms with Crippen LogP contribution in [0.3, 0.4) is 0 Å². The molecule has 0 aliphatic carbocycles. The van der Waals surface area contributed by atoms with Gasteiger partial charge in [-0.25, -0.2) is 14.1 Å². The van der Waals surface area contributed by atoms with E-state index in [1.807, 2.05) is 42.4 Å². The Labute approximate surface area is 157 Å². The largest absolute Gasteiger partial charge is 0.345 e. The summed E-state index contributed by atoms with van der Waals surface area (Å²) in [5.74, 6) is 0.747. The summed E-state index contributed by atoms with van der Waals surface area (Å²) in [6.07, 6.45) is 4.13. The van der Waals surface area contributed by atoms with Gasteiger partial charge in [0.05, 0.1) is 11.4 Å². The molecule has 1 amide bonds. The average Bonchev–Trinajstić information content (AvgIpc) is 3.28. The van der Waals surface area contributed by atoms with Gasteiger partial charge in [0, 0.05) is 56.1 Å². The van der Waals surface area contributed by atoms with Crippen molar-refractivity contribution in [2.75, 3.05) is 13.6 Å². The number of carbonyl (C=O) groups excluding carboxylic acids is 1. The second kappa shape index (κ2) is 6.64. The predicted octanol–water partition coefficient (Wildman–Crippen LogP) is 2.97. The predicted molar refractivity (Wildman–Crippen MR) is 100.0 cm³/mol. The standard InChI is InChI=1S/C20H22FN5O/c1-13-8-14(2)26(23-13)18-5-4-16(21)10-17(18)20-22-6-7-25(20)12-15-9-19(27)24(3)11-15/h4-8,10,15H,9,11-12H2,1-3H3. The van der Waals surface area contributed by atoms with Crippen LogP contribution < -0.4 is 0 Å². The highest BCUT2D eigenvalue weighted by molar-refractivity contribution is 5.78. The summed E-state index contributed by atoms with van der Waals surface area (Å²) < 4.78 is 17.9. The van der Waals surface area contributed by atoms with E-state index in [0.717, 1.165) is 23.6 Å². The molecule has 4 rings (SSSR count). The van der Waals surface area contributed by atoms with Crippen molar-refractivity contribution in [2.24, 2.45) is 5.92 Å². The molecule has 3 heterocycles. The third kappa shape index (κ3) is 3.25. The monoisotopic (exact) mass is 367 g/mol. The first-order chi connectivity index (χ1) is 12.9. The molecule has 2 aromatic heterocycles. The molecule has 0 radical (unpaired) electrons. The lowest BCUT2D eigenvalue weighted by Crippen LogP contribution is -2.20. The third-order valence-corrected chi connectivity index (χ3v) is 5.03. The van der Waals surface area contributed by atoms with Crippen molar-refractivity contribution in [3.63, 3.8) is 0 Å². The molecule has 1 aliphatic rings. The number of amides is 1. The Bertz CT molecular complexity index is 1010. The second-order valence-corrected chi connectivity index (χ2v) is 7.25.